The largest absolute Gasteiger partial charge is 0.479 e. The number of aliphatic hydroxyl groups excluding tert-OH is 1. The van der Waals surface area contributed by atoms with Crippen LogP contribution in [0.2, 0.25) is 0 Å². The molecule has 4 heteroatoms. The maximum absolute atomic E-state index is 10.2. The molecule has 0 radical (unpaired) electrons. The van der Waals surface area contributed by atoms with Crippen molar-refractivity contribution >= 4 is 5.97 Å². The first-order valence-corrected chi connectivity index (χ1v) is 3.63. The van der Waals surface area contributed by atoms with E-state index in [1.165, 1.54) is 6.26 Å². The average molecular weight is 170 g/mol. The summed E-state index contributed by atoms with van der Waals surface area (Å²) in [5, 5.41) is 17.2. The molecular weight excluding hydrogens is 160 g/mol. The summed E-state index contributed by atoms with van der Waals surface area (Å²) in [6.07, 6.45) is 0.848. The zero-order valence-electron chi connectivity index (χ0n) is 6.43. The van der Waals surface area contributed by atoms with Crippen LogP contribution in [0, 0.1) is 0 Å². The summed E-state index contributed by atoms with van der Waals surface area (Å²) in [6.45, 7) is 0. The van der Waals surface area contributed by atoms with E-state index in [2.05, 4.69) is 0 Å². The summed E-state index contributed by atoms with van der Waals surface area (Å²) >= 11 is 0. The summed E-state index contributed by atoms with van der Waals surface area (Å²) < 4.78 is 4.96. The van der Waals surface area contributed by atoms with Crippen molar-refractivity contribution in [3.05, 3.63) is 24.2 Å². The average Bonchev–Trinajstić information content (AvgIpc) is 2.51. The Balaban J connectivity index is 2.31. The fourth-order valence-electron chi connectivity index (χ4n) is 0.857. The highest BCUT2D eigenvalue weighted by Gasteiger charge is 2.12. The van der Waals surface area contributed by atoms with Crippen LogP contribution in [0.1, 0.15) is 12.2 Å². The number of aliphatic hydroxyl groups is 1. The van der Waals surface area contributed by atoms with Crippen molar-refractivity contribution in [2.75, 3.05) is 0 Å². The minimum Gasteiger partial charge on any atom is -0.479 e. The molecule has 66 valence electrons. The predicted molar refractivity (Wildman–Crippen MR) is 40.7 cm³/mol. The number of carbonyl (C=O) groups is 1. The zero-order valence-corrected chi connectivity index (χ0v) is 6.43. The Bertz CT molecular complexity index is 240. The predicted octanol–water partition coefficient (Wildman–Crippen LogP) is 0.658. The number of rotatable bonds is 4. The van der Waals surface area contributed by atoms with Crippen molar-refractivity contribution in [1.29, 1.82) is 0 Å². The fraction of sp³-hybridized carbons (Fsp3) is 0.375. The van der Waals surface area contributed by atoms with Gasteiger partial charge in [0.1, 0.15) is 5.76 Å². The van der Waals surface area contributed by atoms with Crippen molar-refractivity contribution in [2.24, 2.45) is 0 Å². The molecule has 0 aliphatic rings. The number of hydrogen-bond donors (Lipinski definition) is 2. The molecule has 0 saturated carbocycles. The topological polar surface area (TPSA) is 70.7 Å². The van der Waals surface area contributed by atoms with Crippen LogP contribution < -0.4 is 0 Å². The first-order chi connectivity index (χ1) is 5.70. The molecular formula is C8H10O4. The van der Waals surface area contributed by atoms with Crippen LogP contribution in [0.3, 0.4) is 0 Å². The number of aliphatic carboxylic acids is 1. The lowest BCUT2D eigenvalue weighted by atomic mass is 10.2. The lowest BCUT2D eigenvalue weighted by molar-refractivity contribution is -0.146. The van der Waals surface area contributed by atoms with Crippen LogP contribution >= 0.6 is 0 Å². The second-order valence-corrected chi connectivity index (χ2v) is 2.47. The maximum Gasteiger partial charge on any atom is 0.332 e. The highest BCUT2D eigenvalue weighted by atomic mass is 16.4. The summed E-state index contributed by atoms with van der Waals surface area (Å²) in [6, 6.07) is 3.47. The minimum absolute atomic E-state index is 0.183. The summed E-state index contributed by atoms with van der Waals surface area (Å²) in [4.78, 5) is 10.2. The van der Waals surface area contributed by atoms with E-state index in [1.807, 2.05) is 0 Å². The molecule has 0 amide bonds. The molecule has 0 aromatic carbocycles. The molecule has 0 saturated heterocycles. The second kappa shape index (κ2) is 3.92. The van der Waals surface area contributed by atoms with Crippen LogP contribution in [-0.2, 0) is 11.2 Å². The Morgan fingerprint density at radius 1 is 1.67 bits per heavy atom. The number of carboxylic acid groups (broad SMARTS) is 1. The third kappa shape index (κ3) is 2.39. The molecule has 1 atom stereocenters. The second-order valence-electron chi connectivity index (χ2n) is 2.47. The molecule has 0 fully saturated rings. The van der Waals surface area contributed by atoms with E-state index in [0.717, 1.165) is 0 Å². The standard InChI is InChI=1S/C8H10O4/c9-7(8(10)11)4-3-6-2-1-5-12-6/h1-2,5,7,9H,3-4H2,(H,10,11). The van der Waals surface area contributed by atoms with Gasteiger partial charge in [-0.1, -0.05) is 0 Å². The molecule has 0 bridgehead atoms. The first-order valence-electron chi connectivity index (χ1n) is 3.63. The Morgan fingerprint density at radius 2 is 2.42 bits per heavy atom. The van der Waals surface area contributed by atoms with E-state index in [0.29, 0.717) is 12.2 Å². The van der Waals surface area contributed by atoms with Crippen molar-refractivity contribution < 1.29 is 19.4 Å². The van der Waals surface area contributed by atoms with Crippen LogP contribution in [-0.4, -0.2) is 22.3 Å². The molecule has 12 heavy (non-hydrogen) atoms. The quantitative estimate of drug-likeness (QED) is 0.696. The number of hydrogen-bond acceptors (Lipinski definition) is 3. The van der Waals surface area contributed by atoms with Gasteiger partial charge >= 0.3 is 5.97 Å². The Hall–Kier alpha value is -1.29. The Labute approximate surface area is 69.4 Å². The van der Waals surface area contributed by atoms with Crippen molar-refractivity contribution in [3.8, 4) is 0 Å². The molecule has 2 N–H and O–H groups in total. The fourth-order valence-corrected chi connectivity index (χ4v) is 0.857. The molecule has 0 aliphatic carbocycles. The SMILES string of the molecule is O=C(O)C(O)CCc1ccco1. The lowest BCUT2D eigenvalue weighted by Crippen LogP contribution is -2.19. The maximum atomic E-state index is 10.2. The molecule has 1 rings (SSSR count). The van der Waals surface area contributed by atoms with E-state index in [9.17, 15) is 4.79 Å². The van der Waals surface area contributed by atoms with Gasteiger partial charge in [0.15, 0.2) is 6.10 Å². The molecule has 4 nitrogen and oxygen atoms in total. The molecule has 1 heterocycles. The van der Waals surface area contributed by atoms with E-state index >= 15 is 0 Å². The van der Waals surface area contributed by atoms with Gasteiger partial charge < -0.3 is 14.6 Å². The number of carboxylic acids is 1. The number of aryl methyl sites for hydroxylation is 1. The van der Waals surface area contributed by atoms with E-state index in [4.69, 9.17) is 14.6 Å². The van der Waals surface area contributed by atoms with Crippen LogP contribution in [0.4, 0.5) is 0 Å². The van der Waals surface area contributed by atoms with Gasteiger partial charge in [0.25, 0.3) is 0 Å². The zero-order chi connectivity index (χ0) is 8.97. The highest BCUT2D eigenvalue weighted by molar-refractivity contribution is 5.71. The minimum atomic E-state index is -1.30. The number of furan rings is 1. The Kier molecular flexibility index (Phi) is 2.88. The van der Waals surface area contributed by atoms with Gasteiger partial charge in [-0.25, -0.2) is 4.79 Å². The van der Waals surface area contributed by atoms with Gasteiger partial charge in [0.05, 0.1) is 6.26 Å². The molecule has 1 aromatic heterocycles. The van der Waals surface area contributed by atoms with Crippen LogP contribution in [0.25, 0.3) is 0 Å². The van der Waals surface area contributed by atoms with Crippen molar-refractivity contribution in [2.45, 2.75) is 18.9 Å². The van der Waals surface area contributed by atoms with E-state index in [1.54, 1.807) is 12.1 Å². The van der Waals surface area contributed by atoms with Gasteiger partial charge in [-0.05, 0) is 18.6 Å². The molecule has 1 aromatic rings. The molecule has 0 aliphatic heterocycles. The van der Waals surface area contributed by atoms with Gasteiger partial charge in [-0.3, -0.25) is 0 Å². The molecule has 1 unspecified atom stereocenters. The van der Waals surface area contributed by atoms with Gasteiger partial charge in [-0.2, -0.15) is 0 Å². The van der Waals surface area contributed by atoms with E-state index < -0.39 is 12.1 Å². The van der Waals surface area contributed by atoms with Crippen molar-refractivity contribution in [1.82, 2.24) is 0 Å². The van der Waals surface area contributed by atoms with E-state index in [-0.39, 0.29) is 6.42 Å². The third-order valence-corrected chi connectivity index (χ3v) is 1.53. The summed E-state index contributed by atoms with van der Waals surface area (Å²) in [5.41, 5.74) is 0. The third-order valence-electron chi connectivity index (χ3n) is 1.53. The van der Waals surface area contributed by atoms with Gasteiger partial charge in [-0.15, -0.1) is 0 Å². The molecule has 0 spiro atoms. The van der Waals surface area contributed by atoms with Crippen LogP contribution in [0.5, 0.6) is 0 Å². The summed E-state index contributed by atoms with van der Waals surface area (Å²) in [5.74, 6) is -0.503. The summed E-state index contributed by atoms with van der Waals surface area (Å²) in [7, 11) is 0. The smallest absolute Gasteiger partial charge is 0.332 e. The highest BCUT2D eigenvalue weighted by Crippen LogP contribution is 2.05. The lowest BCUT2D eigenvalue weighted by Gasteiger charge is -2.01. The van der Waals surface area contributed by atoms with Gasteiger partial charge in [0.2, 0.25) is 0 Å². The van der Waals surface area contributed by atoms with Crippen molar-refractivity contribution in [3.63, 3.8) is 0 Å². The normalized spacial score (nSPS) is 12.8. The Morgan fingerprint density at radius 3 is 2.92 bits per heavy atom. The monoisotopic (exact) mass is 170 g/mol. The first kappa shape index (κ1) is 8.80. The van der Waals surface area contributed by atoms with Crippen LogP contribution in [0.15, 0.2) is 22.8 Å². The van der Waals surface area contributed by atoms with Gasteiger partial charge in [0, 0.05) is 6.42 Å².